The summed E-state index contributed by atoms with van der Waals surface area (Å²) in [4.78, 5) is 2.23. The Morgan fingerprint density at radius 1 is 1.35 bits per heavy atom. The zero-order valence-electron chi connectivity index (χ0n) is 12.3. The third-order valence-electron chi connectivity index (χ3n) is 3.09. The van der Waals surface area contributed by atoms with E-state index < -0.39 is 16.6 Å². The molecule has 0 aromatic carbocycles. The monoisotopic (exact) mass is 304 g/mol. The summed E-state index contributed by atoms with van der Waals surface area (Å²) in [5, 5.41) is 15.5. The Morgan fingerprint density at radius 3 is 2.60 bits per heavy atom. The highest BCUT2D eigenvalue weighted by Gasteiger charge is 2.23. The minimum Gasteiger partial charge on any atom is -0.390 e. The van der Waals surface area contributed by atoms with Crippen molar-refractivity contribution in [3.63, 3.8) is 0 Å². The molecule has 0 saturated carbocycles. The third-order valence-corrected chi connectivity index (χ3v) is 4.75. The Balaban J connectivity index is 2.68. The Hall–Kier alpha value is -0.960. The van der Waals surface area contributed by atoms with Crippen molar-refractivity contribution < 1.29 is 13.5 Å². The van der Waals surface area contributed by atoms with Gasteiger partial charge in [-0.2, -0.15) is 5.10 Å². The van der Waals surface area contributed by atoms with Gasteiger partial charge in [0.2, 0.25) is 10.0 Å². The summed E-state index contributed by atoms with van der Waals surface area (Å²) in [7, 11) is -3.64. The number of aromatic nitrogens is 2. The lowest BCUT2D eigenvalue weighted by Gasteiger charge is -2.19. The highest BCUT2D eigenvalue weighted by Crippen LogP contribution is 2.16. The van der Waals surface area contributed by atoms with Gasteiger partial charge in [0, 0.05) is 13.1 Å². The van der Waals surface area contributed by atoms with Gasteiger partial charge in [-0.05, 0) is 26.4 Å². The Bertz CT molecular complexity index is 513. The third kappa shape index (κ3) is 4.27. The lowest BCUT2D eigenvalue weighted by Crippen LogP contribution is -2.35. The van der Waals surface area contributed by atoms with Crippen LogP contribution in [-0.2, 0) is 16.6 Å². The van der Waals surface area contributed by atoms with Crippen LogP contribution in [0.3, 0.4) is 0 Å². The van der Waals surface area contributed by atoms with Crippen LogP contribution in [0.25, 0.3) is 0 Å². The standard InChI is InChI=1S/C12H24N4O3S/c1-4-7-16(5-2)8-6-13-20(18,19)12-10(3)14-15-11(12)9-17/h13,17H,4-9H2,1-3H3,(H,14,15). The molecule has 0 amide bonds. The first kappa shape index (κ1) is 17.1. The number of rotatable bonds is 9. The molecule has 3 N–H and O–H groups in total. The van der Waals surface area contributed by atoms with E-state index in [-0.39, 0.29) is 10.6 Å². The summed E-state index contributed by atoms with van der Waals surface area (Å²) < 4.78 is 27.0. The van der Waals surface area contributed by atoms with E-state index in [1.54, 1.807) is 6.92 Å². The van der Waals surface area contributed by atoms with Gasteiger partial charge in [0.25, 0.3) is 0 Å². The van der Waals surface area contributed by atoms with E-state index in [0.717, 1.165) is 19.5 Å². The number of sulfonamides is 1. The maximum Gasteiger partial charge on any atom is 0.244 e. The van der Waals surface area contributed by atoms with Crippen LogP contribution in [-0.4, -0.2) is 54.8 Å². The molecule has 1 aromatic heterocycles. The maximum atomic E-state index is 12.2. The highest BCUT2D eigenvalue weighted by molar-refractivity contribution is 7.89. The summed E-state index contributed by atoms with van der Waals surface area (Å²) >= 11 is 0. The minimum atomic E-state index is -3.64. The molecule has 0 bridgehead atoms. The van der Waals surface area contributed by atoms with Gasteiger partial charge in [-0.25, -0.2) is 13.1 Å². The second-order valence-electron chi connectivity index (χ2n) is 4.61. The van der Waals surface area contributed by atoms with Crippen molar-refractivity contribution >= 4 is 10.0 Å². The molecule has 0 saturated heterocycles. The Morgan fingerprint density at radius 2 is 2.05 bits per heavy atom. The maximum absolute atomic E-state index is 12.2. The van der Waals surface area contributed by atoms with Gasteiger partial charge in [0.15, 0.2) is 0 Å². The fourth-order valence-corrected chi connectivity index (χ4v) is 3.46. The van der Waals surface area contributed by atoms with Crippen molar-refractivity contribution in [2.24, 2.45) is 0 Å². The molecule has 0 aliphatic rings. The number of nitrogens with zero attached hydrogens (tertiary/aromatic N) is 2. The average Bonchev–Trinajstić information content (AvgIpc) is 2.79. The molecular formula is C12H24N4O3S. The van der Waals surface area contributed by atoms with Crippen molar-refractivity contribution in [3.05, 3.63) is 11.4 Å². The van der Waals surface area contributed by atoms with Crippen LogP contribution >= 0.6 is 0 Å². The van der Waals surface area contributed by atoms with Gasteiger partial charge in [-0.3, -0.25) is 5.10 Å². The number of nitrogens with one attached hydrogen (secondary N) is 2. The van der Waals surface area contributed by atoms with Gasteiger partial charge in [0.05, 0.1) is 12.3 Å². The SMILES string of the molecule is CCCN(CC)CCNS(=O)(=O)c1c(CO)n[nH]c1C. The summed E-state index contributed by atoms with van der Waals surface area (Å²) in [6, 6.07) is 0. The van der Waals surface area contributed by atoms with Crippen molar-refractivity contribution in [1.29, 1.82) is 0 Å². The fraction of sp³-hybridized carbons (Fsp3) is 0.750. The van der Waals surface area contributed by atoms with Crippen molar-refractivity contribution in [1.82, 2.24) is 19.8 Å². The smallest absolute Gasteiger partial charge is 0.244 e. The lowest BCUT2D eigenvalue weighted by atomic mass is 10.4. The van der Waals surface area contributed by atoms with Crippen LogP contribution in [0.15, 0.2) is 4.90 Å². The molecular weight excluding hydrogens is 280 g/mol. The van der Waals surface area contributed by atoms with E-state index >= 15 is 0 Å². The van der Waals surface area contributed by atoms with Crippen LogP contribution in [0.1, 0.15) is 31.7 Å². The lowest BCUT2D eigenvalue weighted by molar-refractivity contribution is 0.273. The second kappa shape index (κ2) is 7.72. The van der Waals surface area contributed by atoms with E-state index in [2.05, 4.69) is 26.7 Å². The number of hydrogen-bond acceptors (Lipinski definition) is 5. The van der Waals surface area contributed by atoms with Gasteiger partial charge in [-0.15, -0.1) is 0 Å². The number of aromatic amines is 1. The van der Waals surface area contributed by atoms with Gasteiger partial charge >= 0.3 is 0 Å². The van der Waals surface area contributed by atoms with Crippen molar-refractivity contribution in [3.8, 4) is 0 Å². The van der Waals surface area contributed by atoms with Gasteiger partial charge < -0.3 is 10.0 Å². The van der Waals surface area contributed by atoms with E-state index in [1.165, 1.54) is 0 Å². The van der Waals surface area contributed by atoms with Crippen LogP contribution in [0, 0.1) is 6.92 Å². The molecule has 0 fully saturated rings. The zero-order chi connectivity index (χ0) is 15.2. The fourth-order valence-electron chi connectivity index (χ4n) is 2.09. The average molecular weight is 304 g/mol. The summed E-state index contributed by atoms with van der Waals surface area (Å²) in [5.74, 6) is 0. The normalized spacial score (nSPS) is 12.2. The van der Waals surface area contributed by atoms with Crippen molar-refractivity contribution in [2.45, 2.75) is 38.7 Å². The minimum absolute atomic E-state index is 0.0542. The van der Waals surface area contributed by atoms with Crippen LogP contribution in [0.4, 0.5) is 0 Å². The molecule has 0 radical (unpaired) electrons. The van der Waals surface area contributed by atoms with E-state index in [1.807, 2.05) is 6.92 Å². The Kier molecular flexibility index (Phi) is 6.60. The predicted molar refractivity (Wildman–Crippen MR) is 76.8 cm³/mol. The molecule has 20 heavy (non-hydrogen) atoms. The van der Waals surface area contributed by atoms with E-state index in [0.29, 0.717) is 18.8 Å². The molecule has 0 aliphatic heterocycles. The topological polar surface area (TPSA) is 98.3 Å². The molecule has 116 valence electrons. The molecule has 1 aromatic rings. The van der Waals surface area contributed by atoms with Gasteiger partial charge in [-0.1, -0.05) is 13.8 Å². The summed E-state index contributed by atoms with van der Waals surface area (Å²) in [5.41, 5.74) is 0.582. The summed E-state index contributed by atoms with van der Waals surface area (Å²) in [6.45, 7) is 8.20. The van der Waals surface area contributed by atoms with E-state index in [9.17, 15) is 8.42 Å². The van der Waals surface area contributed by atoms with Crippen LogP contribution in [0.5, 0.6) is 0 Å². The summed E-state index contributed by atoms with van der Waals surface area (Å²) in [6.07, 6.45) is 1.04. The number of aliphatic hydroxyl groups is 1. The van der Waals surface area contributed by atoms with E-state index in [4.69, 9.17) is 5.11 Å². The molecule has 1 heterocycles. The van der Waals surface area contributed by atoms with Gasteiger partial charge in [0.1, 0.15) is 10.6 Å². The molecule has 8 heteroatoms. The van der Waals surface area contributed by atoms with Crippen LogP contribution < -0.4 is 4.72 Å². The highest BCUT2D eigenvalue weighted by atomic mass is 32.2. The number of likely N-dealkylation sites (N-methyl/N-ethyl adjacent to an activating group) is 1. The molecule has 0 spiro atoms. The molecule has 0 atom stereocenters. The number of aliphatic hydroxyl groups excluding tert-OH is 1. The molecule has 7 nitrogen and oxygen atoms in total. The predicted octanol–water partition coefficient (Wildman–Crippen LogP) is 0.221. The first-order chi connectivity index (χ1) is 9.46. The number of hydrogen-bond donors (Lipinski definition) is 3. The molecule has 0 aliphatic carbocycles. The number of H-pyrrole nitrogens is 1. The number of aryl methyl sites for hydroxylation is 1. The first-order valence-electron chi connectivity index (χ1n) is 6.83. The van der Waals surface area contributed by atoms with Crippen molar-refractivity contribution in [2.75, 3.05) is 26.2 Å². The molecule has 1 rings (SSSR count). The zero-order valence-corrected chi connectivity index (χ0v) is 13.1. The molecule has 0 unspecified atom stereocenters. The van der Waals surface area contributed by atoms with Crippen LogP contribution in [0.2, 0.25) is 0 Å². The second-order valence-corrected chi connectivity index (χ2v) is 6.32. The quantitative estimate of drug-likeness (QED) is 0.606. The first-order valence-corrected chi connectivity index (χ1v) is 8.31. The largest absolute Gasteiger partial charge is 0.390 e. The Labute approximate surface area is 120 Å².